The number of halogens is 1. The van der Waals surface area contributed by atoms with Gasteiger partial charge in [-0.3, -0.25) is 4.79 Å². The number of carbonyl (C=O) groups is 1. The number of anilines is 2. The van der Waals surface area contributed by atoms with E-state index in [1.165, 1.54) is 0 Å². The summed E-state index contributed by atoms with van der Waals surface area (Å²) in [7, 11) is 1.79. The molecule has 2 aromatic heterocycles. The number of aromatic nitrogens is 3. The Morgan fingerprint density at radius 3 is 2.62 bits per heavy atom. The summed E-state index contributed by atoms with van der Waals surface area (Å²) in [6, 6.07) is 5.34. The molecule has 0 fully saturated rings. The van der Waals surface area contributed by atoms with Crippen LogP contribution in [0, 0.1) is 6.92 Å². The van der Waals surface area contributed by atoms with E-state index < -0.39 is 0 Å². The van der Waals surface area contributed by atoms with Crippen LogP contribution in [0.1, 0.15) is 28.7 Å². The Bertz CT molecular complexity index is 615. The quantitative estimate of drug-likeness (QED) is 0.907. The fourth-order valence-corrected chi connectivity index (χ4v) is 1.79. The average Bonchev–Trinajstić information content (AvgIpc) is 2.48. The van der Waals surface area contributed by atoms with E-state index in [1.54, 1.807) is 31.4 Å². The fourth-order valence-electron chi connectivity index (χ4n) is 1.79. The first-order valence-corrected chi connectivity index (χ1v) is 6.42. The fraction of sp³-hybridized carbons (Fsp3) is 0.286. The van der Waals surface area contributed by atoms with Crippen LogP contribution in [0.5, 0.6) is 0 Å². The van der Waals surface area contributed by atoms with Gasteiger partial charge in [0, 0.05) is 7.05 Å². The summed E-state index contributed by atoms with van der Waals surface area (Å²) in [5, 5.41) is 13.8. The Balaban J connectivity index is 0.00000220. The lowest BCUT2D eigenvalue weighted by molar-refractivity contribution is 0.102. The molecule has 0 atom stereocenters. The van der Waals surface area contributed by atoms with Crippen molar-refractivity contribution in [2.45, 2.75) is 20.3 Å². The lowest BCUT2D eigenvalue weighted by Gasteiger charge is -2.08. The van der Waals surface area contributed by atoms with Crippen LogP contribution in [0.3, 0.4) is 0 Å². The smallest absolute Gasteiger partial charge is 0.257 e. The van der Waals surface area contributed by atoms with Gasteiger partial charge in [-0.15, -0.1) is 12.4 Å². The molecule has 0 bridgehead atoms. The summed E-state index contributed by atoms with van der Waals surface area (Å²) in [5.74, 6) is 0.553. The number of rotatable bonds is 4. The predicted molar refractivity (Wildman–Crippen MR) is 85.1 cm³/mol. The molecule has 0 spiro atoms. The highest BCUT2D eigenvalue weighted by atomic mass is 35.5. The van der Waals surface area contributed by atoms with Gasteiger partial charge in [0.1, 0.15) is 5.82 Å². The van der Waals surface area contributed by atoms with Gasteiger partial charge in [0.05, 0.1) is 28.8 Å². The van der Waals surface area contributed by atoms with Crippen LogP contribution in [0.15, 0.2) is 24.4 Å². The molecule has 112 valence electrons. The molecule has 0 saturated carbocycles. The summed E-state index contributed by atoms with van der Waals surface area (Å²) in [6.07, 6.45) is 2.27. The second kappa shape index (κ2) is 7.54. The Labute approximate surface area is 129 Å². The van der Waals surface area contributed by atoms with E-state index in [4.69, 9.17) is 0 Å². The first-order valence-electron chi connectivity index (χ1n) is 6.42. The molecule has 0 aromatic carbocycles. The number of nitrogens with one attached hydrogen (secondary N) is 2. The maximum absolute atomic E-state index is 12.3. The maximum Gasteiger partial charge on any atom is 0.257 e. The molecule has 0 saturated heterocycles. The van der Waals surface area contributed by atoms with Crippen molar-refractivity contribution in [1.29, 1.82) is 0 Å². The standard InChI is InChI=1S/C14H17N5O.ClH/c1-4-12-11(7-9(2)18-19-12)14(20)17-10-5-6-13(15-3)16-8-10;/h5-8H,4H2,1-3H3,(H,15,16)(H,17,20);1H. The average molecular weight is 308 g/mol. The molecule has 2 N–H and O–H groups in total. The Morgan fingerprint density at radius 1 is 1.29 bits per heavy atom. The van der Waals surface area contributed by atoms with Crippen LogP contribution in [0.2, 0.25) is 0 Å². The summed E-state index contributed by atoms with van der Waals surface area (Å²) in [5.41, 5.74) is 2.60. The largest absolute Gasteiger partial charge is 0.373 e. The lowest BCUT2D eigenvalue weighted by atomic mass is 10.1. The molecule has 0 unspecified atom stereocenters. The van der Waals surface area contributed by atoms with Gasteiger partial charge in [0.15, 0.2) is 0 Å². The summed E-state index contributed by atoms with van der Waals surface area (Å²) >= 11 is 0. The van der Waals surface area contributed by atoms with Crippen molar-refractivity contribution in [3.8, 4) is 0 Å². The van der Waals surface area contributed by atoms with Gasteiger partial charge in [-0.2, -0.15) is 10.2 Å². The van der Waals surface area contributed by atoms with Crippen molar-refractivity contribution >= 4 is 29.8 Å². The van der Waals surface area contributed by atoms with Crippen molar-refractivity contribution in [3.63, 3.8) is 0 Å². The number of carbonyl (C=O) groups excluding carboxylic acids is 1. The molecule has 0 aliphatic carbocycles. The van der Waals surface area contributed by atoms with Gasteiger partial charge in [-0.05, 0) is 31.5 Å². The minimum Gasteiger partial charge on any atom is -0.373 e. The van der Waals surface area contributed by atoms with E-state index >= 15 is 0 Å². The summed E-state index contributed by atoms with van der Waals surface area (Å²) < 4.78 is 0. The number of pyridine rings is 1. The highest BCUT2D eigenvalue weighted by Crippen LogP contribution is 2.13. The third kappa shape index (κ3) is 4.13. The van der Waals surface area contributed by atoms with E-state index in [0.717, 1.165) is 11.5 Å². The second-order valence-corrected chi connectivity index (χ2v) is 4.34. The van der Waals surface area contributed by atoms with Crippen LogP contribution in [0.4, 0.5) is 11.5 Å². The number of aryl methyl sites for hydroxylation is 2. The van der Waals surface area contributed by atoms with Crippen molar-refractivity contribution < 1.29 is 4.79 Å². The minimum atomic E-state index is -0.196. The first-order chi connectivity index (χ1) is 9.63. The van der Waals surface area contributed by atoms with Crippen LogP contribution in [-0.4, -0.2) is 28.1 Å². The van der Waals surface area contributed by atoms with E-state index in [2.05, 4.69) is 25.8 Å². The van der Waals surface area contributed by atoms with Gasteiger partial charge in [-0.25, -0.2) is 4.98 Å². The summed E-state index contributed by atoms with van der Waals surface area (Å²) in [4.78, 5) is 16.4. The van der Waals surface area contributed by atoms with Crippen LogP contribution in [0.25, 0.3) is 0 Å². The van der Waals surface area contributed by atoms with Gasteiger partial charge >= 0.3 is 0 Å². The molecule has 0 aliphatic rings. The minimum absolute atomic E-state index is 0. The molecule has 2 rings (SSSR count). The van der Waals surface area contributed by atoms with Crippen molar-refractivity contribution in [1.82, 2.24) is 15.2 Å². The van der Waals surface area contributed by atoms with Crippen molar-refractivity contribution in [3.05, 3.63) is 41.3 Å². The Morgan fingerprint density at radius 2 is 2.05 bits per heavy atom. The number of amides is 1. The third-order valence-electron chi connectivity index (χ3n) is 2.85. The van der Waals surface area contributed by atoms with Gasteiger partial charge in [-0.1, -0.05) is 6.92 Å². The molecule has 2 heterocycles. The van der Waals surface area contributed by atoms with E-state index in [9.17, 15) is 4.79 Å². The highest BCUT2D eigenvalue weighted by molar-refractivity contribution is 6.05. The molecule has 6 nitrogen and oxygen atoms in total. The maximum atomic E-state index is 12.3. The highest BCUT2D eigenvalue weighted by Gasteiger charge is 2.13. The molecule has 7 heteroatoms. The Kier molecular flexibility index (Phi) is 6.05. The normalized spacial score (nSPS) is 9.67. The van der Waals surface area contributed by atoms with Crippen LogP contribution >= 0.6 is 12.4 Å². The van der Waals surface area contributed by atoms with E-state index in [1.807, 2.05) is 13.8 Å². The molecule has 2 aromatic rings. The second-order valence-electron chi connectivity index (χ2n) is 4.34. The first kappa shape index (κ1) is 16.8. The molecule has 21 heavy (non-hydrogen) atoms. The molecular formula is C14H18ClN5O. The Hall–Kier alpha value is -2.21. The monoisotopic (exact) mass is 307 g/mol. The van der Waals surface area contributed by atoms with Gasteiger partial charge < -0.3 is 10.6 Å². The molecule has 1 amide bonds. The number of hydrogen-bond acceptors (Lipinski definition) is 5. The zero-order chi connectivity index (χ0) is 14.5. The van der Waals surface area contributed by atoms with Crippen LogP contribution in [-0.2, 0) is 6.42 Å². The topological polar surface area (TPSA) is 79.8 Å². The third-order valence-corrected chi connectivity index (χ3v) is 2.85. The van der Waals surface area contributed by atoms with E-state index in [0.29, 0.717) is 23.4 Å². The number of nitrogens with zero attached hydrogens (tertiary/aromatic N) is 3. The predicted octanol–water partition coefficient (Wildman–Crippen LogP) is 2.46. The van der Waals surface area contributed by atoms with Gasteiger partial charge in [0.2, 0.25) is 0 Å². The zero-order valence-electron chi connectivity index (χ0n) is 12.2. The summed E-state index contributed by atoms with van der Waals surface area (Å²) in [6.45, 7) is 3.76. The van der Waals surface area contributed by atoms with Crippen molar-refractivity contribution in [2.75, 3.05) is 17.7 Å². The van der Waals surface area contributed by atoms with Crippen LogP contribution < -0.4 is 10.6 Å². The number of hydrogen-bond donors (Lipinski definition) is 2. The molecule has 0 radical (unpaired) electrons. The zero-order valence-corrected chi connectivity index (χ0v) is 13.0. The van der Waals surface area contributed by atoms with Crippen molar-refractivity contribution in [2.24, 2.45) is 0 Å². The SMILES string of the molecule is CCc1nnc(C)cc1C(=O)Nc1ccc(NC)nc1.Cl. The molecular weight excluding hydrogens is 290 g/mol. The van der Waals surface area contributed by atoms with Gasteiger partial charge in [0.25, 0.3) is 5.91 Å². The van der Waals surface area contributed by atoms with E-state index in [-0.39, 0.29) is 18.3 Å². The molecule has 0 aliphatic heterocycles. The lowest BCUT2D eigenvalue weighted by Crippen LogP contribution is -2.16.